The first-order valence-corrected chi connectivity index (χ1v) is 9.74. The molecule has 2 N–H and O–H groups in total. The zero-order valence-electron chi connectivity index (χ0n) is 16.7. The fraction of sp³-hybridized carbons (Fsp3) is 0.217. The van der Waals surface area contributed by atoms with Gasteiger partial charge in [0.15, 0.2) is 0 Å². The van der Waals surface area contributed by atoms with Crippen molar-refractivity contribution in [2.75, 3.05) is 26.0 Å². The van der Waals surface area contributed by atoms with Gasteiger partial charge in [-0.05, 0) is 55.1 Å². The van der Waals surface area contributed by atoms with Gasteiger partial charge in [0.05, 0.1) is 6.04 Å². The first-order chi connectivity index (χ1) is 13.9. The highest BCUT2D eigenvalue weighted by atomic mass is 35.5. The van der Waals surface area contributed by atoms with E-state index in [0.717, 1.165) is 21.9 Å². The highest BCUT2D eigenvalue weighted by molar-refractivity contribution is 6.40. The van der Waals surface area contributed by atoms with Gasteiger partial charge in [0, 0.05) is 17.3 Å². The third-order valence-electron chi connectivity index (χ3n) is 4.98. The van der Waals surface area contributed by atoms with E-state index in [1.54, 1.807) is 25.1 Å². The quantitative estimate of drug-likeness (QED) is 0.622. The molecule has 0 unspecified atom stereocenters. The van der Waals surface area contributed by atoms with Gasteiger partial charge >= 0.3 is 11.8 Å². The minimum absolute atomic E-state index is 0.0780. The number of hydrogen-bond donors (Lipinski definition) is 2. The van der Waals surface area contributed by atoms with Crippen molar-refractivity contribution in [1.29, 1.82) is 0 Å². The molecule has 0 bridgehead atoms. The molecular formula is C23H24ClN3O2. The molecule has 6 heteroatoms. The van der Waals surface area contributed by atoms with Crippen LogP contribution in [0.25, 0.3) is 10.8 Å². The van der Waals surface area contributed by atoms with Gasteiger partial charge in [0.2, 0.25) is 0 Å². The van der Waals surface area contributed by atoms with Crippen LogP contribution in [0.4, 0.5) is 5.69 Å². The summed E-state index contributed by atoms with van der Waals surface area (Å²) in [6, 6.07) is 19.3. The van der Waals surface area contributed by atoms with E-state index in [1.165, 1.54) is 0 Å². The Bertz CT molecular complexity index is 1040. The third-order valence-corrected chi connectivity index (χ3v) is 5.39. The number of carbonyl (C=O) groups is 2. The first kappa shape index (κ1) is 20.8. The largest absolute Gasteiger partial charge is 0.346 e. The lowest BCUT2D eigenvalue weighted by Crippen LogP contribution is -2.40. The van der Waals surface area contributed by atoms with Crippen molar-refractivity contribution in [2.24, 2.45) is 0 Å². The lowest BCUT2D eigenvalue weighted by atomic mass is 9.98. The van der Waals surface area contributed by atoms with E-state index >= 15 is 0 Å². The first-order valence-electron chi connectivity index (χ1n) is 9.37. The maximum Gasteiger partial charge on any atom is 0.313 e. The van der Waals surface area contributed by atoms with Gasteiger partial charge in [-0.1, -0.05) is 60.1 Å². The number of fused-ring (bicyclic) bond motifs is 1. The van der Waals surface area contributed by atoms with Crippen LogP contribution in [0.5, 0.6) is 0 Å². The Kier molecular flexibility index (Phi) is 6.52. The molecule has 0 spiro atoms. The SMILES string of the molecule is Cc1c(Cl)cccc1NC(=O)C(=O)NC[C@H](c1cccc2ccccc12)N(C)C. The molecule has 0 aliphatic heterocycles. The molecule has 2 amide bonds. The number of halogens is 1. The summed E-state index contributed by atoms with van der Waals surface area (Å²) < 4.78 is 0. The van der Waals surface area contributed by atoms with Crippen LogP contribution in [0.15, 0.2) is 60.7 Å². The van der Waals surface area contributed by atoms with Crippen molar-refractivity contribution in [3.63, 3.8) is 0 Å². The van der Waals surface area contributed by atoms with Gasteiger partial charge in [-0.3, -0.25) is 9.59 Å². The molecule has 3 aromatic rings. The molecule has 3 aromatic carbocycles. The molecule has 0 aliphatic rings. The van der Waals surface area contributed by atoms with Crippen LogP contribution in [-0.4, -0.2) is 37.4 Å². The van der Waals surface area contributed by atoms with Crippen LogP contribution < -0.4 is 10.6 Å². The van der Waals surface area contributed by atoms with Crippen LogP contribution in [-0.2, 0) is 9.59 Å². The van der Waals surface area contributed by atoms with Gasteiger partial charge in [-0.25, -0.2) is 0 Å². The zero-order chi connectivity index (χ0) is 21.0. The molecule has 0 saturated carbocycles. The van der Waals surface area contributed by atoms with E-state index in [9.17, 15) is 9.59 Å². The second-order valence-electron chi connectivity index (χ2n) is 7.12. The van der Waals surface area contributed by atoms with E-state index in [2.05, 4.69) is 34.9 Å². The predicted octanol–water partition coefficient (Wildman–Crippen LogP) is 4.16. The second kappa shape index (κ2) is 9.07. The minimum atomic E-state index is -0.717. The van der Waals surface area contributed by atoms with Gasteiger partial charge in [0.25, 0.3) is 0 Å². The van der Waals surface area contributed by atoms with Gasteiger partial charge in [0.1, 0.15) is 0 Å². The second-order valence-corrected chi connectivity index (χ2v) is 7.53. The number of amides is 2. The maximum atomic E-state index is 12.4. The molecule has 0 aromatic heterocycles. The zero-order valence-corrected chi connectivity index (χ0v) is 17.5. The predicted molar refractivity (Wildman–Crippen MR) is 118 cm³/mol. The highest BCUT2D eigenvalue weighted by Crippen LogP contribution is 2.27. The van der Waals surface area contributed by atoms with Crippen molar-refractivity contribution in [3.05, 3.63) is 76.8 Å². The summed E-state index contributed by atoms with van der Waals surface area (Å²) in [6.07, 6.45) is 0. The van der Waals surface area contributed by atoms with Gasteiger partial charge in [-0.2, -0.15) is 0 Å². The molecule has 0 aliphatic carbocycles. The van der Waals surface area contributed by atoms with Crippen molar-refractivity contribution in [1.82, 2.24) is 10.2 Å². The van der Waals surface area contributed by atoms with E-state index in [0.29, 0.717) is 17.3 Å². The van der Waals surface area contributed by atoms with Crippen molar-refractivity contribution in [3.8, 4) is 0 Å². The van der Waals surface area contributed by atoms with Gasteiger partial charge < -0.3 is 15.5 Å². The Hall–Kier alpha value is -2.89. The summed E-state index contributed by atoms with van der Waals surface area (Å²) in [7, 11) is 3.90. The Morgan fingerprint density at radius 3 is 2.41 bits per heavy atom. The molecule has 3 rings (SSSR count). The molecule has 0 saturated heterocycles. The lowest BCUT2D eigenvalue weighted by Gasteiger charge is -2.26. The summed E-state index contributed by atoms with van der Waals surface area (Å²) in [5.41, 5.74) is 2.34. The number of nitrogens with one attached hydrogen (secondary N) is 2. The average molecular weight is 410 g/mol. The normalized spacial score (nSPS) is 12.0. The molecule has 0 fully saturated rings. The van der Waals surface area contributed by atoms with Crippen LogP contribution in [0.1, 0.15) is 17.2 Å². The summed E-state index contributed by atoms with van der Waals surface area (Å²) in [5, 5.41) is 8.18. The number of carbonyl (C=O) groups excluding carboxylic acids is 2. The molecule has 5 nitrogen and oxygen atoms in total. The Balaban J connectivity index is 1.72. The third kappa shape index (κ3) is 4.75. The van der Waals surface area contributed by atoms with Crippen LogP contribution in [0.3, 0.4) is 0 Å². The number of hydrogen-bond acceptors (Lipinski definition) is 3. The monoisotopic (exact) mass is 409 g/mol. The molecule has 0 radical (unpaired) electrons. The summed E-state index contributed by atoms with van der Waals surface area (Å²) in [5.74, 6) is -1.40. The van der Waals surface area contributed by atoms with Crippen LogP contribution in [0.2, 0.25) is 5.02 Å². The highest BCUT2D eigenvalue weighted by Gasteiger charge is 2.21. The van der Waals surface area contributed by atoms with Crippen LogP contribution in [0, 0.1) is 6.92 Å². The number of anilines is 1. The van der Waals surface area contributed by atoms with Crippen molar-refractivity contribution < 1.29 is 9.59 Å². The standard InChI is InChI=1S/C23H24ClN3O2/c1-15-19(24)12-7-13-20(15)26-23(29)22(28)25-14-21(27(2)3)18-11-6-9-16-8-4-5-10-17(16)18/h4-13,21H,14H2,1-3H3,(H,25,28)(H,26,29)/t21-/m1/s1. The average Bonchev–Trinajstić information content (AvgIpc) is 2.71. The lowest BCUT2D eigenvalue weighted by molar-refractivity contribution is -0.136. The van der Waals surface area contributed by atoms with Crippen molar-refractivity contribution in [2.45, 2.75) is 13.0 Å². The summed E-state index contributed by atoms with van der Waals surface area (Å²) >= 11 is 6.07. The fourth-order valence-electron chi connectivity index (χ4n) is 3.30. The Morgan fingerprint density at radius 1 is 0.966 bits per heavy atom. The number of rotatable bonds is 5. The Labute approximate surface area is 175 Å². The molecule has 150 valence electrons. The maximum absolute atomic E-state index is 12.4. The van der Waals surface area contributed by atoms with E-state index < -0.39 is 11.8 Å². The summed E-state index contributed by atoms with van der Waals surface area (Å²) in [4.78, 5) is 26.7. The van der Waals surface area contributed by atoms with Gasteiger partial charge in [-0.15, -0.1) is 0 Å². The molecular weight excluding hydrogens is 386 g/mol. The topological polar surface area (TPSA) is 61.4 Å². The van der Waals surface area contributed by atoms with E-state index in [-0.39, 0.29) is 6.04 Å². The molecule has 0 heterocycles. The smallest absolute Gasteiger partial charge is 0.313 e. The van der Waals surface area contributed by atoms with E-state index in [1.807, 2.05) is 37.2 Å². The Morgan fingerprint density at radius 2 is 1.66 bits per heavy atom. The fourth-order valence-corrected chi connectivity index (χ4v) is 3.48. The van der Waals surface area contributed by atoms with Crippen molar-refractivity contribution >= 4 is 39.9 Å². The van der Waals surface area contributed by atoms with E-state index in [4.69, 9.17) is 11.6 Å². The molecule has 1 atom stereocenters. The minimum Gasteiger partial charge on any atom is -0.346 e. The number of benzene rings is 3. The van der Waals surface area contributed by atoms with Crippen LogP contribution >= 0.6 is 11.6 Å². The number of nitrogens with zero attached hydrogens (tertiary/aromatic N) is 1. The number of likely N-dealkylation sites (N-methyl/N-ethyl adjacent to an activating group) is 1. The summed E-state index contributed by atoms with van der Waals surface area (Å²) in [6.45, 7) is 2.10. The molecule has 29 heavy (non-hydrogen) atoms.